The van der Waals surface area contributed by atoms with E-state index in [-0.39, 0.29) is 36.8 Å². The number of aliphatic hydroxyl groups excluding tert-OH is 1. The number of nitrogens with two attached hydrogens (primary N) is 2. The molecule has 4 aromatic rings. The Morgan fingerprint density at radius 1 is 1.11 bits per heavy atom. The third-order valence-corrected chi connectivity index (χ3v) is 9.07. The SMILES string of the molecule is CC(C)C[C@]1(CCO)C[C@H](/C=N/NC(=O)CC[C@H](NC(=O)c2ccc(N(C)Cc3cnc4nc(N)nc(N)c4n3)cc2)C(=O)O)ON1Cc1ccccc1. The van der Waals surface area contributed by atoms with Gasteiger partial charge in [0, 0.05) is 44.3 Å². The van der Waals surface area contributed by atoms with Crippen molar-refractivity contribution in [3.63, 3.8) is 0 Å². The summed E-state index contributed by atoms with van der Waals surface area (Å²) in [4.78, 5) is 62.5. The lowest BCUT2D eigenvalue weighted by Crippen LogP contribution is -2.44. The van der Waals surface area contributed by atoms with Crippen LogP contribution in [0.2, 0.25) is 0 Å². The van der Waals surface area contributed by atoms with Gasteiger partial charge in [-0.3, -0.25) is 14.4 Å². The second kappa shape index (κ2) is 17.8. The van der Waals surface area contributed by atoms with Crippen LogP contribution in [0.3, 0.4) is 0 Å². The van der Waals surface area contributed by atoms with E-state index >= 15 is 0 Å². The molecule has 17 nitrogen and oxygen atoms in total. The first-order chi connectivity index (χ1) is 25.9. The van der Waals surface area contributed by atoms with Gasteiger partial charge in [0.1, 0.15) is 12.1 Å². The van der Waals surface area contributed by atoms with Gasteiger partial charge >= 0.3 is 5.97 Å². The molecule has 0 unspecified atom stereocenters. The molecule has 1 saturated heterocycles. The van der Waals surface area contributed by atoms with Gasteiger partial charge in [0.15, 0.2) is 17.0 Å². The Morgan fingerprint density at radius 2 is 1.85 bits per heavy atom. The number of nitrogens with one attached hydrogen (secondary N) is 2. The molecule has 2 aromatic carbocycles. The Kier molecular flexibility index (Phi) is 13.0. The second-order valence-corrected chi connectivity index (χ2v) is 13.8. The maximum absolute atomic E-state index is 13.0. The van der Waals surface area contributed by atoms with Crippen LogP contribution in [-0.2, 0) is 27.5 Å². The molecule has 5 rings (SSSR count). The number of carbonyl (C=O) groups is 3. The Balaban J connectivity index is 1.12. The average molecular weight is 742 g/mol. The molecule has 54 heavy (non-hydrogen) atoms. The van der Waals surface area contributed by atoms with Gasteiger partial charge in [-0.25, -0.2) is 20.2 Å². The van der Waals surface area contributed by atoms with Gasteiger partial charge in [-0.1, -0.05) is 44.2 Å². The lowest BCUT2D eigenvalue weighted by Gasteiger charge is -2.37. The summed E-state index contributed by atoms with van der Waals surface area (Å²) >= 11 is 0. The minimum Gasteiger partial charge on any atom is -0.480 e. The number of amides is 2. The normalized spacial score (nSPS) is 17.9. The van der Waals surface area contributed by atoms with Crippen LogP contribution in [0.4, 0.5) is 17.5 Å². The van der Waals surface area contributed by atoms with Crippen LogP contribution in [0.15, 0.2) is 65.9 Å². The topological polar surface area (TPSA) is 247 Å². The Hall–Kier alpha value is -5.78. The van der Waals surface area contributed by atoms with E-state index in [4.69, 9.17) is 16.3 Å². The number of carboxylic acids is 1. The molecule has 17 heteroatoms. The number of hydrazone groups is 1. The molecule has 0 radical (unpaired) electrons. The van der Waals surface area contributed by atoms with Crippen LogP contribution >= 0.6 is 0 Å². The zero-order valence-electron chi connectivity index (χ0n) is 30.6. The zero-order chi connectivity index (χ0) is 38.8. The summed E-state index contributed by atoms with van der Waals surface area (Å²) in [6.07, 6.45) is 4.17. The Labute approximate surface area is 312 Å². The molecular weight excluding hydrogens is 694 g/mol. The van der Waals surface area contributed by atoms with Gasteiger partial charge in [0.25, 0.3) is 5.91 Å². The van der Waals surface area contributed by atoms with E-state index in [9.17, 15) is 24.6 Å². The van der Waals surface area contributed by atoms with Crippen molar-refractivity contribution in [2.24, 2.45) is 11.0 Å². The van der Waals surface area contributed by atoms with Crippen molar-refractivity contribution in [3.05, 3.63) is 77.6 Å². The summed E-state index contributed by atoms with van der Waals surface area (Å²) in [6.45, 7) is 5.13. The van der Waals surface area contributed by atoms with E-state index in [2.05, 4.69) is 49.6 Å². The van der Waals surface area contributed by atoms with E-state index in [1.54, 1.807) is 30.5 Å². The molecule has 1 aliphatic rings. The fraction of sp³-hybridized carbons (Fsp3) is 0.405. The van der Waals surface area contributed by atoms with Crippen LogP contribution in [0.5, 0.6) is 0 Å². The molecule has 2 amide bonds. The van der Waals surface area contributed by atoms with Crippen LogP contribution in [0.1, 0.15) is 67.6 Å². The number of benzene rings is 2. The molecular formula is C37H47N11O6. The number of nitrogens with zero attached hydrogens (tertiary/aromatic N) is 7. The van der Waals surface area contributed by atoms with Gasteiger partial charge in [0.05, 0.1) is 30.2 Å². The van der Waals surface area contributed by atoms with Crippen molar-refractivity contribution >= 4 is 52.6 Å². The summed E-state index contributed by atoms with van der Waals surface area (Å²) in [7, 11) is 1.83. The fourth-order valence-corrected chi connectivity index (χ4v) is 6.59. The predicted molar refractivity (Wildman–Crippen MR) is 203 cm³/mol. The maximum atomic E-state index is 13.0. The molecule has 2 aromatic heterocycles. The summed E-state index contributed by atoms with van der Waals surface area (Å²) in [5.41, 5.74) is 16.9. The number of aliphatic carboxylic acids is 1. The molecule has 0 spiro atoms. The molecule has 8 N–H and O–H groups in total. The minimum atomic E-state index is -1.31. The number of hydroxylamine groups is 2. The van der Waals surface area contributed by atoms with E-state index < -0.39 is 35.5 Å². The van der Waals surface area contributed by atoms with Gasteiger partial charge in [0.2, 0.25) is 11.9 Å². The minimum absolute atomic E-state index is 0.000969. The molecule has 0 bridgehead atoms. The number of rotatable bonds is 17. The van der Waals surface area contributed by atoms with Crippen molar-refractivity contribution in [1.82, 2.24) is 35.7 Å². The first-order valence-corrected chi connectivity index (χ1v) is 17.7. The number of anilines is 3. The predicted octanol–water partition coefficient (Wildman–Crippen LogP) is 2.66. The number of carbonyl (C=O) groups excluding carboxylic acids is 2. The summed E-state index contributed by atoms with van der Waals surface area (Å²) in [5, 5.41) is 28.3. The van der Waals surface area contributed by atoms with Crippen molar-refractivity contribution in [1.29, 1.82) is 0 Å². The molecule has 3 atom stereocenters. The quantitative estimate of drug-likeness (QED) is 0.0673. The monoisotopic (exact) mass is 741 g/mol. The third-order valence-electron chi connectivity index (χ3n) is 9.07. The fourth-order valence-electron chi connectivity index (χ4n) is 6.59. The van der Waals surface area contributed by atoms with E-state index in [0.29, 0.717) is 48.7 Å². The highest BCUT2D eigenvalue weighted by molar-refractivity contribution is 5.97. The number of nitrogen functional groups attached to an aromatic ring is 2. The van der Waals surface area contributed by atoms with E-state index in [0.717, 1.165) is 17.7 Å². The number of aromatic nitrogens is 4. The van der Waals surface area contributed by atoms with Crippen LogP contribution in [-0.4, -0.2) is 90.5 Å². The number of fused-ring (bicyclic) bond motifs is 1. The number of hydrogen-bond acceptors (Lipinski definition) is 14. The first kappa shape index (κ1) is 39.4. The number of carboxylic acid groups (broad SMARTS) is 1. The van der Waals surface area contributed by atoms with Gasteiger partial charge in [-0.15, -0.1) is 0 Å². The highest BCUT2D eigenvalue weighted by atomic mass is 16.7. The van der Waals surface area contributed by atoms with Gasteiger partial charge < -0.3 is 31.9 Å². The largest absolute Gasteiger partial charge is 0.480 e. The lowest BCUT2D eigenvalue weighted by molar-refractivity contribution is -0.189. The highest BCUT2D eigenvalue weighted by Crippen LogP contribution is 2.40. The van der Waals surface area contributed by atoms with Crippen molar-refractivity contribution < 1.29 is 29.4 Å². The van der Waals surface area contributed by atoms with Gasteiger partial charge in [-0.2, -0.15) is 20.1 Å². The molecule has 1 aliphatic heterocycles. The van der Waals surface area contributed by atoms with Crippen molar-refractivity contribution in [2.75, 3.05) is 30.0 Å². The maximum Gasteiger partial charge on any atom is 0.326 e. The van der Waals surface area contributed by atoms with Crippen LogP contribution in [0, 0.1) is 5.92 Å². The molecule has 0 aliphatic carbocycles. The number of aliphatic hydroxyl groups is 1. The van der Waals surface area contributed by atoms with Crippen LogP contribution in [0.25, 0.3) is 11.2 Å². The van der Waals surface area contributed by atoms with E-state index in [1.807, 2.05) is 47.3 Å². The van der Waals surface area contributed by atoms with Crippen molar-refractivity contribution in [2.45, 2.75) is 76.7 Å². The second-order valence-electron chi connectivity index (χ2n) is 13.8. The number of hydrogen-bond donors (Lipinski definition) is 6. The van der Waals surface area contributed by atoms with Crippen LogP contribution < -0.4 is 27.1 Å². The standard InChI is InChI=1S/C37H47N11O6/c1-23(2)17-37(15-16-49)18-28(54-48(37)21-24-7-5-4-6-8-24)20-41-46-30(50)14-13-29(35(52)53)43-34(51)25-9-11-27(12-10-25)47(3)22-26-19-40-33-31(42-26)32(38)44-36(39)45-33/h4-12,19-20,23,28-29,49H,13-18,21-22H2,1-3H3,(H,43,51)(H,46,50)(H,52,53)(H4,38,39,40,44,45)/b41-20+/t28-,29+,37-/m1/s1. The lowest BCUT2D eigenvalue weighted by atomic mass is 9.82. The average Bonchev–Trinajstić information content (AvgIpc) is 3.45. The molecule has 286 valence electrons. The third kappa shape index (κ3) is 10.2. The smallest absolute Gasteiger partial charge is 0.326 e. The first-order valence-electron chi connectivity index (χ1n) is 17.7. The van der Waals surface area contributed by atoms with Crippen molar-refractivity contribution in [3.8, 4) is 0 Å². The molecule has 3 heterocycles. The summed E-state index contributed by atoms with van der Waals surface area (Å²) < 4.78 is 0. The summed E-state index contributed by atoms with van der Waals surface area (Å²) in [5.74, 6) is -1.91. The molecule has 0 saturated carbocycles. The van der Waals surface area contributed by atoms with Gasteiger partial charge in [-0.05, 0) is 55.0 Å². The Bertz CT molecular complexity index is 1950. The highest BCUT2D eigenvalue weighted by Gasteiger charge is 2.46. The van der Waals surface area contributed by atoms with E-state index in [1.165, 1.54) is 6.21 Å². The summed E-state index contributed by atoms with van der Waals surface area (Å²) in [6, 6.07) is 15.2. The zero-order valence-corrected chi connectivity index (χ0v) is 30.6. The molecule has 1 fully saturated rings. The Morgan fingerprint density at radius 3 is 2.54 bits per heavy atom.